The van der Waals surface area contributed by atoms with Crippen LogP contribution < -0.4 is 10.2 Å². The largest absolute Gasteiger partial charge is 0.348 e. The summed E-state index contributed by atoms with van der Waals surface area (Å²) < 4.78 is 29.4. The highest BCUT2D eigenvalue weighted by Crippen LogP contribution is 2.37. The molecule has 1 saturated heterocycles. The lowest BCUT2D eigenvalue weighted by Gasteiger charge is -2.30. The number of rotatable bonds is 3. The van der Waals surface area contributed by atoms with E-state index >= 15 is 0 Å². The fourth-order valence-corrected chi connectivity index (χ4v) is 5.05. The van der Waals surface area contributed by atoms with E-state index in [-0.39, 0.29) is 15.5 Å². The lowest BCUT2D eigenvalue weighted by molar-refractivity contribution is 0.0951. The first-order chi connectivity index (χ1) is 13.5. The number of nitrogens with one attached hydrogen (secondary N) is 1. The molecule has 1 amide bonds. The molecule has 0 spiro atoms. The Morgan fingerprint density at radius 3 is 2.71 bits per heavy atom. The number of halogens is 1. The zero-order valence-corrected chi connectivity index (χ0v) is 16.8. The van der Waals surface area contributed by atoms with Crippen LogP contribution in [0.3, 0.4) is 0 Å². The van der Waals surface area contributed by atoms with Crippen LogP contribution in [0.5, 0.6) is 0 Å². The summed E-state index contributed by atoms with van der Waals surface area (Å²) in [6.07, 6.45) is 3.51. The van der Waals surface area contributed by atoms with Gasteiger partial charge in [-0.1, -0.05) is 48.4 Å². The summed E-state index contributed by atoms with van der Waals surface area (Å²) >= 11 is 6.38. The van der Waals surface area contributed by atoms with Crippen LogP contribution in [0.25, 0.3) is 0 Å². The van der Waals surface area contributed by atoms with Crippen LogP contribution >= 0.6 is 11.6 Å². The van der Waals surface area contributed by atoms with Gasteiger partial charge < -0.3 is 10.2 Å². The maximum absolute atomic E-state index is 12.7. The van der Waals surface area contributed by atoms with Gasteiger partial charge in [-0.25, -0.2) is 0 Å². The van der Waals surface area contributed by atoms with Crippen LogP contribution in [0.1, 0.15) is 41.6 Å². The van der Waals surface area contributed by atoms with E-state index in [4.69, 9.17) is 11.6 Å². The summed E-state index contributed by atoms with van der Waals surface area (Å²) in [7, 11) is -3.86. The maximum atomic E-state index is 12.7. The molecule has 8 heteroatoms. The van der Waals surface area contributed by atoms with Crippen molar-refractivity contribution in [2.45, 2.75) is 37.1 Å². The molecule has 2 aliphatic rings. The molecule has 0 unspecified atom stereocenters. The fraction of sp³-hybridized carbons (Fsp3) is 0.300. The minimum Gasteiger partial charge on any atom is -0.348 e. The van der Waals surface area contributed by atoms with Gasteiger partial charge in [0.1, 0.15) is 10.7 Å². The minimum absolute atomic E-state index is 0.0346. The Morgan fingerprint density at radius 2 is 1.93 bits per heavy atom. The van der Waals surface area contributed by atoms with Gasteiger partial charge in [-0.3, -0.25) is 4.79 Å². The van der Waals surface area contributed by atoms with Gasteiger partial charge >= 0.3 is 0 Å². The molecule has 28 heavy (non-hydrogen) atoms. The third-order valence-corrected chi connectivity index (χ3v) is 6.62. The van der Waals surface area contributed by atoms with Crippen LogP contribution in [0, 0.1) is 0 Å². The van der Waals surface area contributed by atoms with Crippen molar-refractivity contribution in [1.82, 2.24) is 5.32 Å². The van der Waals surface area contributed by atoms with Crippen LogP contribution in [-0.2, 0) is 16.6 Å². The molecular weight excluding hydrogens is 398 g/mol. The second kappa shape index (κ2) is 7.56. The van der Waals surface area contributed by atoms with Crippen molar-refractivity contribution < 1.29 is 13.2 Å². The van der Waals surface area contributed by atoms with Gasteiger partial charge in [0.2, 0.25) is 0 Å². The van der Waals surface area contributed by atoms with Crippen molar-refractivity contribution in [3.63, 3.8) is 0 Å². The predicted octanol–water partition coefficient (Wildman–Crippen LogP) is 3.75. The first-order valence-electron chi connectivity index (χ1n) is 9.23. The number of sulfonamides is 1. The van der Waals surface area contributed by atoms with Crippen molar-refractivity contribution in [2.24, 2.45) is 4.40 Å². The Bertz CT molecular complexity index is 1050. The zero-order chi connectivity index (χ0) is 19.7. The Balaban J connectivity index is 1.67. The van der Waals surface area contributed by atoms with Gasteiger partial charge in [0, 0.05) is 19.5 Å². The molecule has 2 aromatic carbocycles. The topological polar surface area (TPSA) is 78.8 Å². The van der Waals surface area contributed by atoms with Crippen LogP contribution in [0.2, 0.25) is 5.02 Å². The molecule has 6 nitrogen and oxygen atoms in total. The van der Waals surface area contributed by atoms with Crippen molar-refractivity contribution in [1.29, 1.82) is 0 Å². The van der Waals surface area contributed by atoms with Crippen molar-refractivity contribution in [3.05, 3.63) is 58.6 Å². The van der Waals surface area contributed by atoms with Crippen molar-refractivity contribution in [2.75, 3.05) is 11.4 Å². The first-order valence-corrected chi connectivity index (χ1v) is 11.0. The van der Waals surface area contributed by atoms with Gasteiger partial charge in [-0.15, -0.1) is 4.40 Å². The molecule has 1 N–H and O–H groups in total. The van der Waals surface area contributed by atoms with Crippen molar-refractivity contribution in [3.8, 4) is 0 Å². The molecule has 4 rings (SSSR count). The number of carbonyl (C=O) groups is 1. The SMILES string of the molecule is O=C(NCc1ccccc1)c1cc2c(cc1Cl)N1CCCCCC1=NS2(=O)=O. The third kappa shape index (κ3) is 3.64. The number of amidine groups is 1. The molecule has 0 atom stereocenters. The average molecular weight is 418 g/mol. The smallest absolute Gasteiger partial charge is 0.286 e. The Hall–Kier alpha value is -2.38. The number of amides is 1. The van der Waals surface area contributed by atoms with Crippen LogP contribution in [0.4, 0.5) is 5.69 Å². The molecule has 2 heterocycles. The number of benzene rings is 2. The van der Waals surface area contributed by atoms with Crippen molar-refractivity contribution >= 4 is 39.1 Å². The Kier molecular flexibility index (Phi) is 5.12. The van der Waals surface area contributed by atoms with E-state index in [0.29, 0.717) is 31.0 Å². The lowest BCUT2D eigenvalue weighted by Crippen LogP contribution is -2.35. The quantitative estimate of drug-likeness (QED) is 0.824. The number of anilines is 1. The van der Waals surface area contributed by atoms with E-state index in [1.165, 1.54) is 6.07 Å². The molecular formula is C20H20ClN3O3S. The molecule has 0 aromatic heterocycles. The third-order valence-electron chi connectivity index (χ3n) is 4.98. The second-order valence-corrected chi connectivity index (χ2v) is 8.89. The monoisotopic (exact) mass is 417 g/mol. The van der Waals surface area contributed by atoms with Crippen LogP contribution in [0.15, 0.2) is 51.8 Å². The summed E-state index contributed by atoms with van der Waals surface area (Å²) in [5.41, 5.74) is 1.58. The molecule has 0 bridgehead atoms. The van der Waals surface area contributed by atoms with Gasteiger partial charge in [0.15, 0.2) is 0 Å². The normalized spacial score (nSPS) is 17.8. The summed E-state index contributed by atoms with van der Waals surface area (Å²) in [6, 6.07) is 12.4. The second-order valence-electron chi connectivity index (χ2n) is 6.91. The first kappa shape index (κ1) is 19.0. The van der Waals surface area contributed by atoms with E-state index in [9.17, 15) is 13.2 Å². The highest BCUT2D eigenvalue weighted by molar-refractivity contribution is 7.90. The Morgan fingerprint density at radius 1 is 1.14 bits per heavy atom. The summed E-state index contributed by atoms with van der Waals surface area (Å²) in [5.74, 6) is 0.139. The number of hydrogen-bond donors (Lipinski definition) is 1. The minimum atomic E-state index is -3.86. The fourth-order valence-electron chi connectivity index (χ4n) is 3.54. The van der Waals surface area contributed by atoms with E-state index in [0.717, 1.165) is 24.8 Å². The van der Waals surface area contributed by atoms with Gasteiger partial charge in [-0.2, -0.15) is 8.42 Å². The van der Waals surface area contributed by atoms with Gasteiger partial charge in [0.05, 0.1) is 16.3 Å². The van der Waals surface area contributed by atoms with E-state index in [2.05, 4.69) is 9.71 Å². The molecule has 0 radical (unpaired) electrons. The lowest BCUT2D eigenvalue weighted by atomic mass is 10.1. The zero-order valence-electron chi connectivity index (χ0n) is 15.2. The summed E-state index contributed by atoms with van der Waals surface area (Å²) in [4.78, 5) is 14.6. The molecule has 2 aliphatic heterocycles. The summed E-state index contributed by atoms with van der Waals surface area (Å²) in [6.45, 7) is 1.02. The highest BCUT2D eigenvalue weighted by atomic mass is 35.5. The number of nitrogens with zero attached hydrogens (tertiary/aromatic N) is 2. The van der Waals surface area contributed by atoms with Gasteiger partial charge in [-0.05, 0) is 30.5 Å². The number of hydrogen-bond acceptors (Lipinski definition) is 4. The summed E-state index contributed by atoms with van der Waals surface area (Å²) in [5, 5.41) is 3.02. The predicted molar refractivity (Wildman–Crippen MR) is 109 cm³/mol. The number of fused-ring (bicyclic) bond motifs is 3. The van der Waals surface area contributed by atoms with E-state index in [1.54, 1.807) is 6.07 Å². The van der Waals surface area contributed by atoms with E-state index in [1.807, 2.05) is 35.2 Å². The van der Waals surface area contributed by atoms with E-state index < -0.39 is 15.9 Å². The van der Waals surface area contributed by atoms with Crippen LogP contribution in [-0.4, -0.2) is 26.7 Å². The molecule has 2 aromatic rings. The maximum Gasteiger partial charge on any atom is 0.286 e. The highest BCUT2D eigenvalue weighted by Gasteiger charge is 2.33. The molecule has 146 valence electrons. The average Bonchev–Trinajstić information content (AvgIpc) is 2.91. The molecule has 0 saturated carbocycles. The standard InChI is InChI=1S/C20H20ClN3O3S/c21-16-12-17-18(28(26,27)23-19-9-5-2-6-10-24(17)19)11-15(16)20(25)22-13-14-7-3-1-4-8-14/h1,3-4,7-8,11-12H,2,5-6,9-10,13H2,(H,22,25). The molecule has 1 fully saturated rings. The van der Waals surface area contributed by atoms with Gasteiger partial charge in [0.25, 0.3) is 15.9 Å². The number of carbonyl (C=O) groups excluding carboxylic acids is 1. The Labute approximate surface area is 169 Å². The molecule has 0 aliphatic carbocycles.